The van der Waals surface area contributed by atoms with Crippen molar-refractivity contribution < 1.29 is 23.8 Å². The summed E-state index contributed by atoms with van der Waals surface area (Å²) in [6.07, 6.45) is -1.00. The minimum Gasteiger partial charge on any atom is -0.486 e. The van der Waals surface area contributed by atoms with E-state index in [-0.39, 0.29) is 0 Å². The highest BCUT2D eigenvalue weighted by molar-refractivity contribution is 5.98. The Bertz CT molecular complexity index is 1120. The van der Waals surface area contributed by atoms with Gasteiger partial charge in [0.15, 0.2) is 17.6 Å². The number of nitrogens with one attached hydrogen (secondary N) is 1. The highest BCUT2D eigenvalue weighted by Crippen LogP contribution is 2.32. The molecule has 4 rings (SSSR count). The van der Waals surface area contributed by atoms with Crippen molar-refractivity contribution in [1.29, 1.82) is 0 Å². The molecule has 2 heterocycles. The number of amides is 1. The second-order valence-electron chi connectivity index (χ2n) is 7.19. The van der Waals surface area contributed by atoms with Crippen molar-refractivity contribution in [3.63, 3.8) is 0 Å². The molecule has 0 fully saturated rings. The van der Waals surface area contributed by atoms with E-state index in [1.165, 1.54) is 6.92 Å². The number of hydrogen-bond acceptors (Lipinski definition) is 6. The van der Waals surface area contributed by atoms with Crippen LogP contribution in [0.4, 0.5) is 5.69 Å². The van der Waals surface area contributed by atoms with E-state index in [1.54, 1.807) is 36.7 Å². The van der Waals surface area contributed by atoms with Crippen LogP contribution in [0, 0.1) is 13.8 Å². The van der Waals surface area contributed by atoms with Gasteiger partial charge in [0.25, 0.3) is 5.91 Å². The van der Waals surface area contributed by atoms with Crippen molar-refractivity contribution in [2.24, 2.45) is 0 Å². The zero-order chi connectivity index (χ0) is 22.0. The van der Waals surface area contributed by atoms with Gasteiger partial charge in [0, 0.05) is 11.8 Å². The number of rotatable bonds is 5. The summed E-state index contributed by atoms with van der Waals surface area (Å²) >= 11 is 0. The van der Waals surface area contributed by atoms with Gasteiger partial charge in [-0.05, 0) is 45.0 Å². The number of anilines is 1. The molecule has 1 N–H and O–H groups in total. The fourth-order valence-corrected chi connectivity index (χ4v) is 3.40. The average molecular weight is 421 g/mol. The highest BCUT2D eigenvalue weighted by atomic mass is 16.6. The van der Waals surface area contributed by atoms with Crippen LogP contribution in [-0.2, 0) is 9.53 Å². The lowest BCUT2D eigenvalue weighted by Crippen LogP contribution is -2.30. The zero-order valence-corrected chi connectivity index (χ0v) is 17.5. The summed E-state index contributed by atoms with van der Waals surface area (Å²) < 4.78 is 18.1. The number of fused-ring (bicyclic) bond motifs is 1. The van der Waals surface area contributed by atoms with Gasteiger partial charge >= 0.3 is 5.97 Å². The first-order valence-electron chi connectivity index (χ1n) is 9.97. The number of hydrogen-bond donors (Lipinski definition) is 1. The molecule has 1 aliphatic heterocycles. The van der Waals surface area contributed by atoms with E-state index < -0.39 is 18.0 Å². The van der Waals surface area contributed by atoms with E-state index in [0.717, 1.165) is 5.69 Å². The lowest BCUT2D eigenvalue weighted by Gasteiger charge is -2.19. The Morgan fingerprint density at radius 2 is 1.77 bits per heavy atom. The van der Waals surface area contributed by atoms with Crippen LogP contribution in [0.3, 0.4) is 0 Å². The van der Waals surface area contributed by atoms with Gasteiger partial charge in [-0.15, -0.1) is 0 Å². The fraction of sp³-hybridized carbons (Fsp3) is 0.261. The van der Waals surface area contributed by atoms with Crippen molar-refractivity contribution in [3.8, 4) is 17.2 Å². The summed E-state index contributed by atoms with van der Waals surface area (Å²) in [5.74, 6) is 0.149. The van der Waals surface area contributed by atoms with Crippen molar-refractivity contribution in [3.05, 3.63) is 65.5 Å². The van der Waals surface area contributed by atoms with E-state index in [9.17, 15) is 9.59 Å². The third kappa shape index (κ3) is 4.23. The van der Waals surface area contributed by atoms with Gasteiger partial charge < -0.3 is 19.5 Å². The molecule has 0 radical (unpaired) electrons. The van der Waals surface area contributed by atoms with Gasteiger partial charge in [0.05, 0.1) is 17.1 Å². The predicted octanol–water partition coefficient (Wildman–Crippen LogP) is 3.44. The number of carbonyl (C=O) groups is 2. The van der Waals surface area contributed by atoms with Crippen LogP contribution in [0.25, 0.3) is 5.69 Å². The summed E-state index contributed by atoms with van der Waals surface area (Å²) in [7, 11) is 0. The number of ether oxygens (including phenoxy) is 3. The SMILES string of the molecule is Cc1nn(-c2ccccc2)c(C)c1C(=O)O[C@@H](C)C(=O)Nc1ccc2c(c1)OCCO2. The van der Waals surface area contributed by atoms with E-state index in [2.05, 4.69) is 10.4 Å². The molecular weight excluding hydrogens is 398 g/mol. The van der Waals surface area contributed by atoms with E-state index in [4.69, 9.17) is 14.2 Å². The van der Waals surface area contributed by atoms with Crippen molar-refractivity contribution in [2.75, 3.05) is 18.5 Å². The second kappa shape index (κ2) is 8.51. The molecule has 31 heavy (non-hydrogen) atoms. The largest absolute Gasteiger partial charge is 0.486 e. The van der Waals surface area contributed by atoms with Crippen molar-refractivity contribution in [2.45, 2.75) is 26.9 Å². The Morgan fingerprint density at radius 1 is 1.06 bits per heavy atom. The Morgan fingerprint density at radius 3 is 2.52 bits per heavy atom. The molecule has 1 atom stereocenters. The average Bonchev–Trinajstić information content (AvgIpc) is 3.08. The van der Waals surface area contributed by atoms with E-state index in [0.29, 0.717) is 47.4 Å². The minimum atomic E-state index is -1.00. The van der Waals surface area contributed by atoms with Crippen molar-refractivity contribution >= 4 is 17.6 Å². The van der Waals surface area contributed by atoms with Crippen molar-refractivity contribution in [1.82, 2.24) is 9.78 Å². The normalized spacial score (nSPS) is 13.4. The summed E-state index contributed by atoms with van der Waals surface area (Å²) in [4.78, 5) is 25.4. The fourth-order valence-electron chi connectivity index (χ4n) is 3.40. The topological polar surface area (TPSA) is 91.7 Å². The molecule has 1 amide bonds. The Kier molecular flexibility index (Phi) is 5.62. The van der Waals surface area contributed by atoms with Gasteiger partial charge in [-0.25, -0.2) is 9.48 Å². The Labute approximate surface area is 179 Å². The zero-order valence-electron chi connectivity index (χ0n) is 17.5. The second-order valence-corrected chi connectivity index (χ2v) is 7.19. The third-order valence-electron chi connectivity index (χ3n) is 4.96. The lowest BCUT2D eigenvalue weighted by molar-refractivity contribution is -0.123. The number of esters is 1. The molecule has 2 aromatic carbocycles. The molecule has 0 aliphatic carbocycles. The number of nitrogens with zero attached hydrogens (tertiary/aromatic N) is 2. The first-order valence-corrected chi connectivity index (χ1v) is 9.97. The summed E-state index contributed by atoms with van der Waals surface area (Å²) in [5.41, 5.74) is 2.90. The number of benzene rings is 2. The Hall–Kier alpha value is -3.81. The highest BCUT2D eigenvalue weighted by Gasteiger charge is 2.25. The number of aromatic nitrogens is 2. The molecule has 0 spiro atoms. The van der Waals surface area contributed by atoms with E-state index in [1.807, 2.05) is 30.3 Å². The van der Waals surface area contributed by atoms with E-state index >= 15 is 0 Å². The van der Waals surface area contributed by atoms with Crippen LogP contribution in [-0.4, -0.2) is 41.0 Å². The maximum atomic E-state index is 12.8. The smallest absolute Gasteiger partial charge is 0.342 e. The van der Waals surface area contributed by atoms with Gasteiger partial charge in [-0.3, -0.25) is 4.79 Å². The Balaban J connectivity index is 1.45. The van der Waals surface area contributed by atoms with Crippen LogP contribution < -0.4 is 14.8 Å². The minimum absolute atomic E-state index is 0.350. The molecule has 8 heteroatoms. The van der Waals surface area contributed by atoms with Crippen LogP contribution in [0.5, 0.6) is 11.5 Å². The third-order valence-corrected chi connectivity index (χ3v) is 4.96. The maximum absolute atomic E-state index is 12.8. The monoisotopic (exact) mass is 421 g/mol. The molecular formula is C23H23N3O5. The lowest BCUT2D eigenvalue weighted by atomic mass is 10.2. The summed E-state index contributed by atoms with van der Waals surface area (Å²) in [6, 6.07) is 14.6. The molecule has 160 valence electrons. The van der Waals surface area contributed by atoms with Gasteiger partial charge in [-0.1, -0.05) is 18.2 Å². The molecule has 0 unspecified atom stereocenters. The quantitative estimate of drug-likeness (QED) is 0.635. The van der Waals surface area contributed by atoms with Gasteiger partial charge in [0.2, 0.25) is 0 Å². The molecule has 1 aromatic heterocycles. The van der Waals surface area contributed by atoms with Crippen LogP contribution in [0.2, 0.25) is 0 Å². The number of carbonyl (C=O) groups excluding carboxylic acids is 2. The molecule has 1 aliphatic rings. The van der Waals surface area contributed by atoms with Gasteiger partial charge in [-0.2, -0.15) is 5.10 Å². The summed E-state index contributed by atoms with van der Waals surface area (Å²) in [6.45, 7) is 6.00. The van der Waals surface area contributed by atoms with Crippen LogP contribution >= 0.6 is 0 Å². The molecule has 3 aromatic rings. The first kappa shape index (κ1) is 20.5. The number of aryl methyl sites for hydroxylation is 1. The number of para-hydroxylation sites is 1. The van der Waals surface area contributed by atoms with Gasteiger partial charge in [0.1, 0.15) is 18.8 Å². The molecule has 8 nitrogen and oxygen atoms in total. The van der Waals surface area contributed by atoms with Crippen LogP contribution in [0.15, 0.2) is 48.5 Å². The molecule has 0 saturated heterocycles. The molecule has 0 saturated carbocycles. The van der Waals surface area contributed by atoms with Crippen LogP contribution in [0.1, 0.15) is 28.7 Å². The molecule has 0 bridgehead atoms. The predicted molar refractivity (Wildman–Crippen MR) is 114 cm³/mol. The standard InChI is InChI=1S/C23H23N3O5/c1-14-21(15(2)26(25-14)18-7-5-4-6-8-18)23(28)31-16(3)22(27)24-17-9-10-19-20(13-17)30-12-11-29-19/h4-10,13,16H,11-12H2,1-3H3,(H,24,27)/t16-/m0/s1. The first-order chi connectivity index (χ1) is 14.9. The maximum Gasteiger partial charge on any atom is 0.342 e. The summed E-state index contributed by atoms with van der Waals surface area (Å²) in [5, 5.41) is 7.19.